The van der Waals surface area contributed by atoms with E-state index in [1.807, 2.05) is 0 Å². The summed E-state index contributed by atoms with van der Waals surface area (Å²) in [5.74, 6) is 0. The molecule has 2 aromatic carbocycles. The first kappa shape index (κ1) is 21.6. The van der Waals surface area contributed by atoms with Crippen LogP contribution >= 0.6 is 34.5 Å². The van der Waals surface area contributed by atoms with Crippen LogP contribution in [-0.4, -0.2) is 31.7 Å². The van der Waals surface area contributed by atoms with Crippen molar-refractivity contribution in [3.63, 3.8) is 0 Å². The standard InChI is InChI=1S/C22H22Cl2N2O2S2/c1-15-2-4-16(5-3-15)12-18-14-29-22(25-18)26-10-8-19(9-11-26)30(27,28)21-7-6-17(23)13-20(21)24/h2-7,13-14,19H,8-12H2,1H3. The summed E-state index contributed by atoms with van der Waals surface area (Å²) in [5, 5.41) is 3.22. The van der Waals surface area contributed by atoms with E-state index >= 15 is 0 Å². The summed E-state index contributed by atoms with van der Waals surface area (Å²) >= 11 is 13.7. The number of benzene rings is 2. The van der Waals surface area contributed by atoms with Crippen LogP contribution in [0.5, 0.6) is 0 Å². The Hall–Kier alpha value is -1.60. The Balaban J connectivity index is 1.41. The van der Waals surface area contributed by atoms with Gasteiger partial charge in [0, 0.05) is 29.9 Å². The van der Waals surface area contributed by atoms with E-state index < -0.39 is 15.1 Å². The molecule has 1 saturated heterocycles. The van der Waals surface area contributed by atoms with Crippen LogP contribution in [-0.2, 0) is 16.3 Å². The quantitative estimate of drug-likeness (QED) is 0.463. The molecule has 1 fully saturated rings. The van der Waals surface area contributed by atoms with Gasteiger partial charge < -0.3 is 4.90 Å². The van der Waals surface area contributed by atoms with Crippen LogP contribution in [0.3, 0.4) is 0 Å². The van der Waals surface area contributed by atoms with Crippen molar-refractivity contribution >= 4 is 49.5 Å². The second kappa shape index (κ2) is 8.87. The molecule has 8 heteroatoms. The van der Waals surface area contributed by atoms with Gasteiger partial charge >= 0.3 is 0 Å². The molecule has 30 heavy (non-hydrogen) atoms. The van der Waals surface area contributed by atoms with E-state index in [2.05, 4.69) is 41.5 Å². The second-order valence-corrected chi connectivity index (χ2v) is 11.5. The van der Waals surface area contributed by atoms with Gasteiger partial charge in [0.1, 0.15) is 0 Å². The Kier molecular flexibility index (Phi) is 6.39. The van der Waals surface area contributed by atoms with Crippen molar-refractivity contribution in [2.75, 3.05) is 18.0 Å². The zero-order valence-corrected chi connectivity index (χ0v) is 19.7. The molecule has 1 aromatic heterocycles. The highest BCUT2D eigenvalue weighted by molar-refractivity contribution is 7.92. The maximum Gasteiger partial charge on any atom is 0.185 e. The summed E-state index contributed by atoms with van der Waals surface area (Å²) in [4.78, 5) is 7.13. The molecule has 0 spiro atoms. The fraction of sp³-hybridized carbons (Fsp3) is 0.318. The zero-order chi connectivity index (χ0) is 21.3. The Morgan fingerprint density at radius 1 is 1.10 bits per heavy atom. The van der Waals surface area contributed by atoms with Gasteiger partial charge in [-0.25, -0.2) is 13.4 Å². The number of rotatable bonds is 5. The molecule has 2 heterocycles. The van der Waals surface area contributed by atoms with Gasteiger partial charge in [-0.2, -0.15) is 0 Å². The third-order valence-corrected chi connectivity index (χ3v) is 9.33. The lowest BCUT2D eigenvalue weighted by Crippen LogP contribution is -2.39. The normalized spacial score (nSPS) is 15.5. The summed E-state index contributed by atoms with van der Waals surface area (Å²) in [5.41, 5.74) is 3.53. The molecule has 0 atom stereocenters. The van der Waals surface area contributed by atoms with Crippen LogP contribution in [0.15, 0.2) is 52.7 Å². The molecular weight excluding hydrogens is 459 g/mol. The van der Waals surface area contributed by atoms with Crippen molar-refractivity contribution < 1.29 is 8.42 Å². The summed E-state index contributed by atoms with van der Waals surface area (Å²) in [6, 6.07) is 13.0. The molecule has 0 aliphatic carbocycles. The third-order valence-electron chi connectivity index (χ3n) is 5.40. The van der Waals surface area contributed by atoms with Crippen LogP contribution in [0, 0.1) is 6.92 Å². The van der Waals surface area contributed by atoms with Crippen molar-refractivity contribution in [2.45, 2.75) is 36.3 Å². The number of hydrogen-bond acceptors (Lipinski definition) is 5. The number of halogens is 2. The monoisotopic (exact) mass is 480 g/mol. The molecule has 4 rings (SSSR count). The lowest BCUT2D eigenvalue weighted by atomic mass is 10.1. The fourth-order valence-electron chi connectivity index (χ4n) is 3.68. The second-order valence-electron chi connectivity index (χ2n) is 7.59. The highest BCUT2D eigenvalue weighted by Crippen LogP contribution is 2.33. The lowest BCUT2D eigenvalue weighted by Gasteiger charge is -2.31. The number of aryl methyl sites for hydroxylation is 1. The number of hydrogen-bond donors (Lipinski definition) is 0. The molecule has 3 aromatic rings. The first-order valence-electron chi connectivity index (χ1n) is 9.77. The molecule has 0 N–H and O–H groups in total. The van der Waals surface area contributed by atoms with E-state index in [4.69, 9.17) is 28.2 Å². The minimum Gasteiger partial charge on any atom is -0.348 e. The van der Waals surface area contributed by atoms with Crippen molar-refractivity contribution in [3.8, 4) is 0 Å². The van der Waals surface area contributed by atoms with Crippen LogP contribution in [0.25, 0.3) is 0 Å². The molecule has 0 unspecified atom stereocenters. The third kappa shape index (κ3) is 4.67. The average Bonchev–Trinajstić information content (AvgIpc) is 3.18. The maximum atomic E-state index is 13.0. The van der Waals surface area contributed by atoms with Gasteiger partial charge in [-0.15, -0.1) is 11.3 Å². The van der Waals surface area contributed by atoms with Crippen molar-refractivity contribution in [1.29, 1.82) is 0 Å². The minimum absolute atomic E-state index is 0.168. The number of piperidine rings is 1. The molecule has 0 amide bonds. The molecule has 4 nitrogen and oxygen atoms in total. The van der Waals surface area contributed by atoms with Gasteiger partial charge in [0.2, 0.25) is 0 Å². The van der Waals surface area contributed by atoms with Crippen molar-refractivity contribution in [2.24, 2.45) is 0 Å². The Morgan fingerprint density at radius 3 is 2.47 bits per heavy atom. The van der Waals surface area contributed by atoms with Crippen molar-refractivity contribution in [3.05, 3.63) is 74.7 Å². The predicted molar refractivity (Wildman–Crippen MR) is 125 cm³/mol. The van der Waals surface area contributed by atoms with E-state index in [-0.39, 0.29) is 9.92 Å². The van der Waals surface area contributed by atoms with E-state index in [1.165, 1.54) is 23.3 Å². The van der Waals surface area contributed by atoms with Crippen LogP contribution in [0.2, 0.25) is 10.0 Å². The van der Waals surface area contributed by atoms with Crippen LogP contribution in [0.1, 0.15) is 29.7 Å². The number of aromatic nitrogens is 1. The molecule has 1 aliphatic heterocycles. The molecule has 0 bridgehead atoms. The van der Waals surface area contributed by atoms with Crippen LogP contribution in [0.4, 0.5) is 5.13 Å². The first-order chi connectivity index (χ1) is 14.3. The molecular formula is C22H22Cl2N2O2S2. The maximum absolute atomic E-state index is 13.0. The Labute approximate surface area is 191 Å². The minimum atomic E-state index is -3.49. The number of anilines is 1. The van der Waals surface area contributed by atoms with Gasteiger partial charge in [0.05, 0.1) is 20.9 Å². The summed E-state index contributed by atoms with van der Waals surface area (Å²) in [6.07, 6.45) is 1.90. The highest BCUT2D eigenvalue weighted by atomic mass is 35.5. The van der Waals surface area contributed by atoms with Gasteiger partial charge in [0.25, 0.3) is 0 Å². The Morgan fingerprint density at radius 2 is 1.80 bits per heavy atom. The Bertz CT molecular complexity index is 1140. The van der Waals surface area contributed by atoms with E-state index in [0.29, 0.717) is 31.0 Å². The van der Waals surface area contributed by atoms with E-state index in [0.717, 1.165) is 17.2 Å². The molecule has 1 aliphatic rings. The number of nitrogens with zero attached hydrogens (tertiary/aromatic N) is 2. The largest absolute Gasteiger partial charge is 0.348 e. The fourth-order valence-corrected chi connectivity index (χ4v) is 7.07. The molecule has 158 valence electrons. The van der Waals surface area contributed by atoms with Crippen LogP contribution < -0.4 is 4.90 Å². The zero-order valence-electron chi connectivity index (χ0n) is 16.5. The predicted octanol–water partition coefficient (Wildman–Crippen LogP) is 5.79. The summed E-state index contributed by atoms with van der Waals surface area (Å²) < 4.78 is 26.1. The number of sulfone groups is 1. The smallest absolute Gasteiger partial charge is 0.185 e. The summed E-state index contributed by atoms with van der Waals surface area (Å²) in [6.45, 7) is 3.40. The first-order valence-corrected chi connectivity index (χ1v) is 12.9. The van der Waals surface area contributed by atoms with E-state index in [9.17, 15) is 8.42 Å². The van der Waals surface area contributed by atoms with Gasteiger partial charge in [-0.3, -0.25) is 0 Å². The van der Waals surface area contributed by atoms with Crippen molar-refractivity contribution in [1.82, 2.24) is 4.98 Å². The summed E-state index contributed by atoms with van der Waals surface area (Å²) in [7, 11) is -3.49. The molecule has 0 saturated carbocycles. The SMILES string of the molecule is Cc1ccc(Cc2csc(N3CCC(S(=O)(=O)c4ccc(Cl)cc4Cl)CC3)n2)cc1. The van der Waals surface area contributed by atoms with E-state index in [1.54, 1.807) is 17.4 Å². The number of thiazole rings is 1. The lowest BCUT2D eigenvalue weighted by molar-refractivity contribution is 0.529. The average molecular weight is 481 g/mol. The highest BCUT2D eigenvalue weighted by Gasteiger charge is 2.33. The van der Waals surface area contributed by atoms with Gasteiger partial charge in [-0.1, -0.05) is 53.0 Å². The molecule has 0 radical (unpaired) electrons. The van der Waals surface area contributed by atoms with Gasteiger partial charge in [0.15, 0.2) is 15.0 Å². The topological polar surface area (TPSA) is 50.3 Å². The van der Waals surface area contributed by atoms with Gasteiger partial charge in [-0.05, 0) is 43.5 Å².